The lowest BCUT2D eigenvalue weighted by Gasteiger charge is -2.25. The molecule has 1 aliphatic rings. The van der Waals surface area contributed by atoms with Gasteiger partial charge < -0.3 is 9.30 Å². The number of fused-ring (bicyclic) bond motifs is 1. The average molecular weight is 600 g/mol. The van der Waals surface area contributed by atoms with Gasteiger partial charge in [0, 0.05) is 27.2 Å². The molecule has 0 unspecified atom stereocenters. The number of aromatic nitrogens is 6. The summed E-state index contributed by atoms with van der Waals surface area (Å²) in [6.45, 7) is 8.81. The van der Waals surface area contributed by atoms with Crippen molar-refractivity contribution in [3.8, 4) is 28.5 Å². The predicted molar refractivity (Wildman–Crippen MR) is 162 cm³/mol. The summed E-state index contributed by atoms with van der Waals surface area (Å²) >= 11 is 3.63. The zero-order valence-electron chi connectivity index (χ0n) is 23.6. The molecule has 1 aliphatic carbocycles. The minimum absolute atomic E-state index is 0.225. The number of rotatable bonds is 6. The first-order valence-corrected chi connectivity index (χ1v) is 14.9. The second-order valence-corrected chi connectivity index (χ2v) is 12.6. The van der Waals surface area contributed by atoms with Crippen LogP contribution in [0.3, 0.4) is 0 Å². The van der Waals surface area contributed by atoms with Gasteiger partial charge >= 0.3 is 0 Å². The minimum atomic E-state index is -0.225. The van der Waals surface area contributed by atoms with Crippen LogP contribution in [-0.2, 0) is 12.1 Å². The van der Waals surface area contributed by atoms with Crippen LogP contribution in [0.5, 0.6) is 5.75 Å². The summed E-state index contributed by atoms with van der Waals surface area (Å²) in [5.41, 5.74) is 6.25. The quantitative estimate of drug-likeness (QED) is 0.197. The molecular weight excluding hydrogens is 564 g/mol. The van der Waals surface area contributed by atoms with E-state index in [1.165, 1.54) is 37.7 Å². The van der Waals surface area contributed by atoms with Crippen molar-refractivity contribution in [1.82, 2.24) is 29.8 Å². The molecule has 3 aromatic carbocycles. The number of hydrogen-bond donors (Lipinski definition) is 0. The number of imidazole rings is 1. The highest BCUT2D eigenvalue weighted by molar-refractivity contribution is 9.10. The topological polar surface area (TPSA) is 70.7 Å². The van der Waals surface area contributed by atoms with E-state index in [0.717, 1.165) is 43.8 Å². The highest BCUT2D eigenvalue weighted by Gasteiger charge is 2.24. The molecule has 2 heterocycles. The third-order valence-electron chi connectivity index (χ3n) is 7.61. The summed E-state index contributed by atoms with van der Waals surface area (Å²) in [6.07, 6.45) is 6.16. The smallest absolute Gasteiger partial charge is 0.205 e. The molecule has 2 aromatic heterocycles. The second-order valence-electron chi connectivity index (χ2n) is 11.8. The first-order chi connectivity index (χ1) is 19.3. The van der Waals surface area contributed by atoms with E-state index in [9.17, 15) is 0 Å². The van der Waals surface area contributed by atoms with Crippen LogP contribution in [0.1, 0.15) is 70.0 Å². The molecule has 1 fully saturated rings. The maximum atomic E-state index is 6.14. The molecule has 8 heteroatoms. The Kier molecular flexibility index (Phi) is 7.21. The molecule has 0 amide bonds. The summed E-state index contributed by atoms with van der Waals surface area (Å²) in [5, 5.41) is 13.2. The first kappa shape index (κ1) is 26.7. The van der Waals surface area contributed by atoms with Gasteiger partial charge in [0.05, 0.1) is 16.6 Å². The van der Waals surface area contributed by atoms with Crippen molar-refractivity contribution in [2.24, 2.45) is 0 Å². The summed E-state index contributed by atoms with van der Waals surface area (Å²) < 4.78 is 9.65. The number of nitrogens with zero attached hydrogens (tertiary/aromatic N) is 6. The lowest BCUT2D eigenvalue weighted by molar-refractivity contribution is 0.305. The molecule has 0 atom stereocenters. The van der Waals surface area contributed by atoms with Crippen molar-refractivity contribution in [3.05, 3.63) is 76.3 Å². The average Bonchev–Trinajstić information content (AvgIpc) is 3.60. The van der Waals surface area contributed by atoms with Crippen LogP contribution in [0.4, 0.5) is 0 Å². The summed E-state index contributed by atoms with van der Waals surface area (Å²) in [6, 6.07) is 21.5. The fourth-order valence-electron chi connectivity index (χ4n) is 5.44. The molecule has 1 saturated carbocycles. The van der Waals surface area contributed by atoms with Crippen molar-refractivity contribution in [2.45, 2.75) is 78.0 Å². The zero-order valence-corrected chi connectivity index (χ0v) is 25.1. The Morgan fingerprint density at radius 3 is 2.40 bits per heavy atom. The fraction of sp³-hybridized carbons (Fsp3) is 0.375. The summed E-state index contributed by atoms with van der Waals surface area (Å²) in [5.74, 6) is 2.46. The third kappa shape index (κ3) is 5.42. The van der Waals surface area contributed by atoms with Gasteiger partial charge in [-0.25, -0.2) is 4.98 Å². The first-order valence-electron chi connectivity index (χ1n) is 14.1. The van der Waals surface area contributed by atoms with Crippen molar-refractivity contribution in [2.75, 3.05) is 0 Å². The predicted octanol–water partition coefficient (Wildman–Crippen LogP) is 8.27. The largest absolute Gasteiger partial charge is 0.489 e. The normalized spacial score (nSPS) is 14.6. The maximum absolute atomic E-state index is 6.14. The van der Waals surface area contributed by atoms with E-state index in [2.05, 4.69) is 112 Å². The summed E-state index contributed by atoms with van der Waals surface area (Å²) in [7, 11) is 0. The van der Waals surface area contributed by atoms with Gasteiger partial charge in [0.2, 0.25) is 5.82 Å². The Morgan fingerprint density at radius 1 is 0.925 bits per heavy atom. The van der Waals surface area contributed by atoms with E-state index in [1.807, 2.05) is 12.1 Å². The van der Waals surface area contributed by atoms with Gasteiger partial charge in [-0.05, 0) is 94.3 Å². The Morgan fingerprint density at radius 2 is 1.68 bits per heavy atom. The standard InChI is InChI=1S/C32H35BrN6O/c1-21-10-16-27(33)24(18-21)20-40-26-14-11-22(12-15-26)31-34-28-19-23(30-35-37-39(36-30)32(2,3)4)13-17-29(28)38(31)25-8-6-5-7-9-25/h10-19,25H,5-9,20H2,1-4H3. The van der Waals surface area contributed by atoms with Crippen LogP contribution >= 0.6 is 15.9 Å². The number of ether oxygens (including phenoxy) is 1. The molecule has 0 saturated heterocycles. The van der Waals surface area contributed by atoms with E-state index >= 15 is 0 Å². The van der Waals surface area contributed by atoms with Gasteiger partial charge in [0.1, 0.15) is 18.2 Å². The molecular formula is C32H35BrN6O. The molecule has 0 spiro atoms. The number of halogens is 1. The van der Waals surface area contributed by atoms with E-state index < -0.39 is 0 Å². The van der Waals surface area contributed by atoms with Gasteiger partial charge in [-0.15, -0.1) is 10.2 Å². The van der Waals surface area contributed by atoms with Crippen molar-refractivity contribution < 1.29 is 4.74 Å². The van der Waals surface area contributed by atoms with Crippen LogP contribution in [-0.4, -0.2) is 29.8 Å². The number of aryl methyl sites for hydroxylation is 1. The van der Waals surface area contributed by atoms with Gasteiger partial charge in [0.15, 0.2) is 0 Å². The van der Waals surface area contributed by atoms with Crippen LogP contribution in [0.2, 0.25) is 0 Å². The molecule has 0 bridgehead atoms. The maximum Gasteiger partial charge on any atom is 0.205 e. The Labute approximate surface area is 243 Å². The highest BCUT2D eigenvalue weighted by Crippen LogP contribution is 2.37. The zero-order chi connectivity index (χ0) is 27.9. The molecule has 0 aliphatic heterocycles. The van der Waals surface area contributed by atoms with Gasteiger partial charge in [-0.2, -0.15) is 4.80 Å². The lowest BCUT2D eigenvalue weighted by atomic mass is 9.95. The van der Waals surface area contributed by atoms with E-state index in [0.29, 0.717) is 18.5 Å². The number of tetrazole rings is 1. The molecule has 7 nitrogen and oxygen atoms in total. The van der Waals surface area contributed by atoms with Gasteiger partial charge in [0.25, 0.3) is 0 Å². The number of benzene rings is 3. The number of hydrogen-bond acceptors (Lipinski definition) is 5. The summed E-state index contributed by atoms with van der Waals surface area (Å²) in [4.78, 5) is 6.84. The van der Waals surface area contributed by atoms with Crippen LogP contribution in [0, 0.1) is 6.92 Å². The van der Waals surface area contributed by atoms with Crippen molar-refractivity contribution >= 4 is 27.0 Å². The van der Waals surface area contributed by atoms with Crippen molar-refractivity contribution in [1.29, 1.82) is 0 Å². The Bertz CT molecular complexity index is 1640. The Hall–Kier alpha value is -3.52. The molecule has 40 heavy (non-hydrogen) atoms. The minimum Gasteiger partial charge on any atom is -0.489 e. The van der Waals surface area contributed by atoms with E-state index in [-0.39, 0.29) is 5.54 Å². The fourth-order valence-corrected chi connectivity index (χ4v) is 5.80. The van der Waals surface area contributed by atoms with Crippen LogP contribution in [0.25, 0.3) is 33.8 Å². The molecule has 5 aromatic rings. The molecule has 0 radical (unpaired) electrons. The monoisotopic (exact) mass is 598 g/mol. The SMILES string of the molecule is Cc1ccc(Br)c(COc2ccc(-c3nc4cc(-c5nnn(C(C)(C)C)n5)ccc4n3C3CCCCC3)cc2)c1. The van der Waals surface area contributed by atoms with Crippen molar-refractivity contribution in [3.63, 3.8) is 0 Å². The molecule has 206 valence electrons. The van der Waals surface area contributed by atoms with Gasteiger partial charge in [-0.3, -0.25) is 0 Å². The second kappa shape index (κ2) is 10.8. The highest BCUT2D eigenvalue weighted by atomic mass is 79.9. The van der Waals surface area contributed by atoms with E-state index in [1.54, 1.807) is 4.80 Å². The molecule has 0 N–H and O–H groups in total. The van der Waals surface area contributed by atoms with Crippen LogP contribution < -0.4 is 4.74 Å². The molecule has 6 rings (SSSR count). The van der Waals surface area contributed by atoms with Gasteiger partial charge in [-0.1, -0.05) is 52.9 Å². The third-order valence-corrected chi connectivity index (χ3v) is 8.38. The van der Waals surface area contributed by atoms with E-state index in [4.69, 9.17) is 9.72 Å². The lowest BCUT2D eigenvalue weighted by Crippen LogP contribution is -2.24. The van der Waals surface area contributed by atoms with Crippen LogP contribution in [0.15, 0.2) is 65.1 Å². The Balaban J connectivity index is 1.33.